The molecule has 1 unspecified atom stereocenters. The number of likely N-dealkylation sites (tertiary alicyclic amines) is 2. The van der Waals surface area contributed by atoms with Crippen LogP contribution in [0.4, 0.5) is 0 Å². The van der Waals surface area contributed by atoms with Gasteiger partial charge in [-0.25, -0.2) is 0 Å². The predicted molar refractivity (Wildman–Crippen MR) is 116 cm³/mol. The standard InChI is InChI=1S/C24H35N3O3/c1-18-5-6-22-21(15-18)17-25(16-19(2)30-22)12-9-23(28)26-13-7-20(8-14-26)24(29)27-10-3-4-11-27/h5-6,15,19-20H,3-4,7-14,16-17H2,1-2H3. The number of carbonyl (C=O) groups is 2. The lowest BCUT2D eigenvalue weighted by Crippen LogP contribution is -2.44. The summed E-state index contributed by atoms with van der Waals surface area (Å²) in [4.78, 5) is 31.7. The third-order valence-corrected chi connectivity index (χ3v) is 6.71. The van der Waals surface area contributed by atoms with E-state index in [1.54, 1.807) is 0 Å². The van der Waals surface area contributed by atoms with Gasteiger partial charge < -0.3 is 14.5 Å². The second kappa shape index (κ2) is 9.38. The fraction of sp³-hybridized carbons (Fsp3) is 0.667. The molecule has 2 saturated heterocycles. The number of nitrogens with zero attached hydrogens (tertiary/aromatic N) is 3. The van der Waals surface area contributed by atoms with Gasteiger partial charge in [-0.1, -0.05) is 17.7 Å². The van der Waals surface area contributed by atoms with Crippen molar-refractivity contribution in [2.24, 2.45) is 5.92 Å². The van der Waals surface area contributed by atoms with Crippen LogP contribution >= 0.6 is 0 Å². The molecule has 3 aliphatic heterocycles. The molecule has 0 aromatic heterocycles. The maximum atomic E-state index is 12.8. The Kier molecular flexibility index (Phi) is 6.61. The van der Waals surface area contributed by atoms with E-state index in [-0.39, 0.29) is 17.9 Å². The molecule has 3 aliphatic rings. The maximum absolute atomic E-state index is 12.8. The van der Waals surface area contributed by atoms with E-state index in [0.29, 0.717) is 25.4 Å². The number of piperidine rings is 1. The molecule has 1 atom stereocenters. The first-order valence-corrected chi connectivity index (χ1v) is 11.5. The van der Waals surface area contributed by atoms with Crippen molar-refractivity contribution in [3.05, 3.63) is 29.3 Å². The molecule has 0 spiro atoms. The SMILES string of the molecule is Cc1ccc2c(c1)CN(CCC(=O)N1CCC(C(=O)N3CCCC3)CC1)CC(C)O2. The molecule has 164 valence electrons. The molecular formula is C24H35N3O3. The van der Waals surface area contributed by atoms with Crippen molar-refractivity contribution in [1.82, 2.24) is 14.7 Å². The van der Waals surface area contributed by atoms with E-state index < -0.39 is 0 Å². The highest BCUT2D eigenvalue weighted by atomic mass is 16.5. The van der Waals surface area contributed by atoms with Gasteiger partial charge in [0.1, 0.15) is 11.9 Å². The minimum atomic E-state index is 0.107. The minimum Gasteiger partial charge on any atom is -0.489 e. The fourth-order valence-electron chi connectivity index (χ4n) is 5.02. The van der Waals surface area contributed by atoms with Gasteiger partial charge >= 0.3 is 0 Å². The van der Waals surface area contributed by atoms with Crippen LogP contribution in [0.5, 0.6) is 5.75 Å². The first-order valence-electron chi connectivity index (χ1n) is 11.5. The Morgan fingerprint density at radius 2 is 1.80 bits per heavy atom. The predicted octanol–water partition coefficient (Wildman–Crippen LogP) is 2.83. The van der Waals surface area contributed by atoms with E-state index in [1.165, 1.54) is 11.1 Å². The molecule has 0 N–H and O–H groups in total. The van der Waals surface area contributed by atoms with E-state index >= 15 is 0 Å². The topological polar surface area (TPSA) is 53.1 Å². The van der Waals surface area contributed by atoms with Crippen LogP contribution in [0.15, 0.2) is 18.2 Å². The lowest BCUT2D eigenvalue weighted by molar-refractivity contribution is -0.140. The van der Waals surface area contributed by atoms with Crippen molar-refractivity contribution < 1.29 is 14.3 Å². The van der Waals surface area contributed by atoms with E-state index in [2.05, 4.69) is 36.9 Å². The highest BCUT2D eigenvalue weighted by Crippen LogP contribution is 2.27. The number of hydrogen-bond donors (Lipinski definition) is 0. The number of rotatable bonds is 4. The number of amides is 2. The molecule has 4 rings (SSSR count). The number of fused-ring (bicyclic) bond motifs is 1. The largest absolute Gasteiger partial charge is 0.489 e. The molecule has 2 amide bonds. The molecule has 0 radical (unpaired) electrons. The van der Waals surface area contributed by atoms with E-state index in [0.717, 1.165) is 64.2 Å². The van der Waals surface area contributed by atoms with Crippen molar-refractivity contribution in [1.29, 1.82) is 0 Å². The van der Waals surface area contributed by atoms with Crippen molar-refractivity contribution in [3.63, 3.8) is 0 Å². The van der Waals surface area contributed by atoms with Gasteiger partial charge in [0.25, 0.3) is 0 Å². The summed E-state index contributed by atoms with van der Waals surface area (Å²) in [5.41, 5.74) is 2.43. The summed E-state index contributed by atoms with van der Waals surface area (Å²) in [6.07, 6.45) is 4.51. The van der Waals surface area contributed by atoms with E-state index in [1.807, 2.05) is 9.80 Å². The summed E-state index contributed by atoms with van der Waals surface area (Å²) < 4.78 is 6.07. The molecule has 30 heavy (non-hydrogen) atoms. The first-order chi connectivity index (χ1) is 14.5. The van der Waals surface area contributed by atoms with Crippen LogP contribution in [0.25, 0.3) is 0 Å². The smallest absolute Gasteiger partial charge is 0.225 e. The third-order valence-electron chi connectivity index (χ3n) is 6.71. The Labute approximate surface area is 180 Å². The van der Waals surface area contributed by atoms with Gasteiger partial charge in [-0.3, -0.25) is 14.5 Å². The molecule has 2 fully saturated rings. The molecular weight excluding hydrogens is 378 g/mol. The second-order valence-corrected chi connectivity index (χ2v) is 9.21. The highest BCUT2D eigenvalue weighted by Gasteiger charge is 2.31. The normalized spacial score (nSPS) is 23.1. The maximum Gasteiger partial charge on any atom is 0.225 e. The number of hydrogen-bond acceptors (Lipinski definition) is 4. The van der Waals surface area contributed by atoms with Gasteiger partial charge in [0.2, 0.25) is 11.8 Å². The minimum absolute atomic E-state index is 0.107. The number of benzene rings is 1. The van der Waals surface area contributed by atoms with Gasteiger partial charge in [0.15, 0.2) is 0 Å². The average molecular weight is 414 g/mol. The van der Waals surface area contributed by atoms with Crippen LogP contribution in [-0.4, -0.2) is 71.9 Å². The number of carbonyl (C=O) groups excluding carboxylic acids is 2. The van der Waals surface area contributed by atoms with Crippen molar-refractivity contribution >= 4 is 11.8 Å². The number of ether oxygens (including phenoxy) is 1. The molecule has 1 aromatic carbocycles. The van der Waals surface area contributed by atoms with Gasteiger partial charge in [-0.15, -0.1) is 0 Å². The average Bonchev–Trinajstić information content (AvgIpc) is 3.23. The summed E-state index contributed by atoms with van der Waals surface area (Å²) in [5.74, 6) is 1.60. The monoisotopic (exact) mass is 413 g/mol. The quantitative estimate of drug-likeness (QED) is 0.762. The zero-order valence-corrected chi connectivity index (χ0v) is 18.4. The Hall–Kier alpha value is -2.08. The summed E-state index contributed by atoms with van der Waals surface area (Å²) >= 11 is 0. The third kappa shape index (κ3) is 4.97. The molecule has 0 bridgehead atoms. The van der Waals surface area contributed by atoms with Crippen molar-refractivity contribution in [2.75, 3.05) is 39.3 Å². The molecule has 1 aromatic rings. The van der Waals surface area contributed by atoms with Gasteiger partial charge in [-0.2, -0.15) is 0 Å². The summed E-state index contributed by atoms with van der Waals surface area (Å²) in [6, 6.07) is 6.33. The van der Waals surface area contributed by atoms with Gasteiger partial charge in [0.05, 0.1) is 0 Å². The molecule has 0 saturated carbocycles. The highest BCUT2D eigenvalue weighted by molar-refractivity contribution is 5.80. The fourth-order valence-corrected chi connectivity index (χ4v) is 5.02. The van der Waals surface area contributed by atoms with Crippen LogP contribution < -0.4 is 4.74 Å². The van der Waals surface area contributed by atoms with Crippen LogP contribution in [0.3, 0.4) is 0 Å². The zero-order chi connectivity index (χ0) is 21.1. The Morgan fingerprint density at radius 3 is 2.53 bits per heavy atom. The second-order valence-electron chi connectivity index (χ2n) is 9.21. The Balaban J connectivity index is 1.26. The molecule has 6 nitrogen and oxygen atoms in total. The molecule has 0 aliphatic carbocycles. The van der Waals surface area contributed by atoms with Gasteiger partial charge in [-0.05, 0) is 45.6 Å². The Bertz CT molecular complexity index is 767. The number of aryl methyl sites for hydroxylation is 1. The van der Waals surface area contributed by atoms with Crippen molar-refractivity contribution in [3.8, 4) is 5.75 Å². The van der Waals surface area contributed by atoms with Crippen molar-refractivity contribution in [2.45, 2.75) is 58.6 Å². The van der Waals surface area contributed by atoms with Crippen LogP contribution in [0.2, 0.25) is 0 Å². The summed E-state index contributed by atoms with van der Waals surface area (Å²) in [7, 11) is 0. The van der Waals surface area contributed by atoms with Crippen LogP contribution in [0, 0.1) is 12.8 Å². The van der Waals surface area contributed by atoms with E-state index in [9.17, 15) is 9.59 Å². The van der Waals surface area contributed by atoms with Crippen LogP contribution in [-0.2, 0) is 16.1 Å². The summed E-state index contributed by atoms with van der Waals surface area (Å²) in [5, 5.41) is 0. The Morgan fingerprint density at radius 1 is 1.07 bits per heavy atom. The zero-order valence-electron chi connectivity index (χ0n) is 18.4. The lowest BCUT2D eigenvalue weighted by Gasteiger charge is -2.33. The molecule has 3 heterocycles. The first kappa shape index (κ1) is 21.2. The van der Waals surface area contributed by atoms with E-state index in [4.69, 9.17) is 4.74 Å². The lowest BCUT2D eigenvalue weighted by atomic mass is 9.95. The van der Waals surface area contributed by atoms with Crippen LogP contribution in [0.1, 0.15) is 50.2 Å². The van der Waals surface area contributed by atoms with Gasteiger partial charge in [0, 0.05) is 63.7 Å². The molecule has 6 heteroatoms. The summed E-state index contributed by atoms with van der Waals surface area (Å²) in [6.45, 7) is 9.83.